The Labute approximate surface area is 124 Å². The van der Waals surface area contributed by atoms with Crippen LogP contribution in [0.25, 0.3) is 0 Å². The molecule has 0 aliphatic carbocycles. The van der Waals surface area contributed by atoms with E-state index in [1.54, 1.807) is 12.4 Å². The molecule has 110 valence electrons. The van der Waals surface area contributed by atoms with Crippen LogP contribution >= 0.6 is 0 Å². The van der Waals surface area contributed by atoms with Gasteiger partial charge in [-0.2, -0.15) is 0 Å². The van der Waals surface area contributed by atoms with Gasteiger partial charge in [-0.3, -0.25) is 9.97 Å². The molecule has 2 heterocycles. The van der Waals surface area contributed by atoms with Crippen molar-refractivity contribution >= 4 is 0 Å². The molecular weight excluding hydrogens is 266 g/mol. The van der Waals surface area contributed by atoms with Crippen LogP contribution in [0.15, 0.2) is 30.6 Å². The first-order valence-corrected chi connectivity index (χ1v) is 7.08. The summed E-state index contributed by atoms with van der Waals surface area (Å²) in [6.45, 7) is 6.50. The zero-order chi connectivity index (χ0) is 14.8. The third-order valence-corrected chi connectivity index (χ3v) is 3.73. The highest BCUT2D eigenvalue weighted by atomic mass is 16.7. The lowest BCUT2D eigenvalue weighted by Gasteiger charge is -2.21. The van der Waals surface area contributed by atoms with Gasteiger partial charge in [-0.05, 0) is 38.5 Å². The molecule has 2 unspecified atom stereocenters. The van der Waals surface area contributed by atoms with E-state index in [4.69, 9.17) is 9.47 Å². The fourth-order valence-corrected chi connectivity index (χ4v) is 2.58. The summed E-state index contributed by atoms with van der Waals surface area (Å²) in [6.07, 6.45) is 3.44. The number of aryl methyl sites for hydroxylation is 1. The fraction of sp³-hybridized carbons (Fsp3) is 0.375. The summed E-state index contributed by atoms with van der Waals surface area (Å²) >= 11 is 0. The van der Waals surface area contributed by atoms with Crippen LogP contribution in [0.4, 0.5) is 0 Å². The maximum atomic E-state index is 5.43. The SMILES string of the molecule is Cc1nccnc1C(C)NC(C)c1ccc2c(c1)OCO2. The van der Waals surface area contributed by atoms with Crippen molar-refractivity contribution < 1.29 is 9.47 Å². The highest BCUT2D eigenvalue weighted by Crippen LogP contribution is 2.34. The molecule has 1 aliphatic rings. The Morgan fingerprint density at radius 1 is 1.05 bits per heavy atom. The van der Waals surface area contributed by atoms with Gasteiger partial charge in [0.05, 0.1) is 11.4 Å². The van der Waals surface area contributed by atoms with Crippen molar-refractivity contribution in [2.45, 2.75) is 32.9 Å². The van der Waals surface area contributed by atoms with Crippen LogP contribution in [0.1, 0.15) is 42.9 Å². The molecule has 3 rings (SSSR count). The Morgan fingerprint density at radius 3 is 2.62 bits per heavy atom. The number of nitrogens with one attached hydrogen (secondary N) is 1. The van der Waals surface area contributed by atoms with Crippen molar-refractivity contribution in [1.82, 2.24) is 15.3 Å². The van der Waals surface area contributed by atoms with Gasteiger partial charge in [0.2, 0.25) is 6.79 Å². The summed E-state index contributed by atoms with van der Waals surface area (Å²) < 4.78 is 10.8. The highest BCUT2D eigenvalue weighted by molar-refractivity contribution is 5.45. The van der Waals surface area contributed by atoms with Crippen LogP contribution in [0, 0.1) is 6.92 Å². The lowest BCUT2D eigenvalue weighted by atomic mass is 10.1. The minimum atomic E-state index is 0.124. The number of benzene rings is 1. The first-order chi connectivity index (χ1) is 10.1. The third-order valence-electron chi connectivity index (χ3n) is 3.73. The van der Waals surface area contributed by atoms with Gasteiger partial charge in [0.1, 0.15) is 0 Å². The van der Waals surface area contributed by atoms with E-state index in [-0.39, 0.29) is 12.1 Å². The molecule has 0 bridgehead atoms. The van der Waals surface area contributed by atoms with Crippen molar-refractivity contribution in [1.29, 1.82) is 0 Å². The first kappa shape index (κ1) is 13.8. The van der Waals surface area contributed by atoms with Gasteiger partial charge < -0.3 is 14.8 Å². The van der Waals surface area contributed by atoms with E-state index in [1.165, 1.54) is 0 Å². The highest BCUT2D eigenvalue weighted by Gasteiger charge is 2.18. The van der Waals surface area contributed by atoms with Gasteiger partial charge in [0.15, 0.2) is 11.5 Å². The van der Waals surface area contributed by atoms with Crippen LogP contribution in [-0.2, 0) is 0 Å². The van der Waals surface area contributed by atoms with Gasteiger partial charge in [-0.15, -0.1) is 0 Å². The predicted octanol–water partition coefficient (Wildman–Crippen LogP) is 2.93. The lowest BCUT2D eigenvalue weighted by molar-refractivity contribution is 0.174. The van der Waals surface area contributed by atoms with Crippen LogP contribution in [-0.4, -0.2) is 16.8 Å². The molecule has 0 amide bonds. The van der Waals surface area contributed by atoms with E-state index in [0.717, 1.165) is 28.5 Å². The van der Waals surface area contributed by atoms with E-state index >= 15 is 0 Å². The van der Waals surface area contributed by atoms with E-state index < -0.39 is 0 Å². The molecule has 0 spiro atoms. The Morgan fingerprint density at radius 2 is 1.81 bits per heavy atom. The van der Waals surface area contributed by atoms with Crippen LogP contribution in [0.3, 0.4) is 0 Å². The summed E-state index contributed by atoms with van der Waals surface area (Å²) in [5.74, 6) is 1.62. The normalized spacial score (nSPS) is 15.8. The van der Waals surface area contributed by atoms with Crippen LogP contribution in [0.5, 0.6) is 11.5 Å². The largest absolute Gasteiger partial charge is 0.454 e. The van der Waals surface area contributed by atoms with Crippen LogP contribution in [0.2, 0.25) is 0 Å². The number of hydrogen-bond acceptors (Lipinski definition) is 5. The topological polar surface area (TPSA) is 56.3 Å². The van der Waals surface area contributed by atoms with Crippen molar-refractivity contribution in [2.24, 2.45) is 0 Å². The Balaban J connectivity index is 1.74. The van der Waals surface area contributed by atoms with Gasteiger partial charge >= 0.3 is 0 Å². The standard InChI is InChI=1S/C16H19N3O2/c1-10(13-4-5-14-15(8-13)21-9-20-14)19-12(3)16-11(2)17-6-7-18-16/h4-8,10,12,19H,9H2,1-3H3. The van der Waals surface area contributed by atoms with Crippen molar-refractivity contribution in [3.8, 4) is 11.5 Å². The molecule has 0 radical (unpaired) electrons. The van der Waals surface area contributed by atoms with Gasteiger partial charge in [-0.25, -0.2) is 0 Å². The average molecular weight is 285 g/mol. The quantitative estimate of drug-likeness (QED) is 0.936. The number of ether oxygens (including phenoxy) is 2. The molecule has 21 heavy (non-hydrogen) atoms. The molecule has 5 nitrogen and oxygen atoms in total. The summed E-state index contributed by atoms with van der Waals surface area (Å²) in [6, 6.07) is 6.33. The number of rotatable bonds is 4. The Kier molecular flexibility index (Phi) is 3.75. The third kappa shape index (κ3) is 2.83. The van der Waals surface area contributed by atoms with Gasteiger partial charge in [-0.1, -0.05) is 6.07 Å². The Hall–Kier alpha value is -2.14. The summed E-state index contributed by atoms with van der Waals surface area (Å²) in [5.41, 5.74) is 3.09. The molecule has 2 atom stereocenters. The number of aromatic nitrogens is 2. The van der Waals surface area contributed by atoms with Crippen molar-refractivity contribution in [2.75, 3.05) is 6.79 Å². The zero-order valence-electron chi connectivity index (χ0n) is 12.5. The molecule has 0 fully saturated rings. The molecule has 1 aromatic carbocycles. The number of nitrogens with zero attached hydrogens (tertiary/aromatic N) is 2. The van der Waals surface area contributed by atoms with E-state index in [0.29, 0.717) is 6.79 Å². The van der Waals surface area contributed by atoms with Crippen molar-refractivity contribution in [3.63, 3.8) is 0 Å². The molecule has 1 aromatic heterocycles. The molecule has 0 saturated carbocycles. The second-order valence-electron chi connectivity index (χ2n) is 5.25. The lowest BCUT2D eigenvalue weighted by Crippen LogP contribution is -2.24. The summed E-state index contributed by atoms with van der Waals surface area (Å²) in [7, 11) is 0. The maximum Gasteiger partial charge on any atom is 0.231 e. The smallest absolute Gasteiger partial charge is 0.231 e. The Bertz CT molecular complexity index is 645. The fourth-order valence-electron chi connectivity index (χ4n) is 2.58. The second kappa shape index (κ2) is 5.69. The molecule has 0 saturated heterocycles. The summed E-state index contributed by atoms with van der Waals surface area (Å²) in [4.78, 5) is 8.70. The van der Waals surface area contributed by atoms with Gasteiger partial charge in [0, 0.05) is 24.5 Å². The summed E-state index contributed by atoms with van der Waals surface area (Å²) in [5, 5.41) is 3.55. The number of hydrogen-bond donors (Lipinski definition) is 1. The predicted molar refractivity (Wildman–Crippen MR) is 79.3 cm³/mol. The van der Waals surface area contributed by atoms with E-state index in [2.05, 4.69) is 35.2 Å². The van der Waals surface area contributed by atoms with Crippen molar-refractivity contribution in [3.05, 3.63) is 47.5 Å². The van der Waals surface area contributed by atoms with Gasteiger partial charge in [0.25, 0.3) is 0 Å². The van der Waals surface area contributed by atoms with E-state index in [9.17, 15) is 0 Å². The average Bonchev–Trinajstić information content (AvgIpc) is 2.94. The van der Waals surface area contributed by atoms with E-state index in [1.807, 2.05) is 19.1 Å². The second-order valence-corrected chi connectivity index (χ2v) is 5.25. The number of fused-ring (bicyclic) bond motifs is 1. The molecular formula is C16H19N3O2. The molecule has 1 aliphatic heterocycles. The zero-order valence-corrected chi connectivity index (χ0v) is 12.5. The molecule has 5 heteroatoms. The maximum absolute atomic E-state index is 5.43. The molecule has 1 N–H and O–H groups in total. The first-order valence-electron chi connectivity index (χ1n) is 7.08. The monoisotopic (exact) mass is 285 g/mol. The van der Waals surface area contributed by atoms with Crippen LogP contribution < -0.4 is 14.8 Å². The minimum Gasteiger partial charge on any atom is -0.454 e. The minimum absolute atomic E-state index is 0.124. The molecule has 2 aromatic rings.